The van der Waals surface area contributed by atoms with Gasteiger partial charge in [-0.05, 0) is 25.5 Å². The largest absolute Gasteiger partial charge is 0.386 e. The van der Waals surface area contributed by atoms with Gasteiger partial charge in [0.2, 0.25) is 0 Å². The Hall–Kier alpha value is -2.08. The zero-order valence-electron chi connectivity index (χ0n) is 9.63. The summed E-state index contributed by atoms with van der Waals surface area (Å²) in [5, 5.41) is 13.1. The molecule has 0 spiro atoms. The van der Waals surface area contributed by atoms with Crippen LogP contribution >= 0.6 is 0 Å². The second-order valence-corrected chi connectivity index (χ2v) is 3.89. The first-order valence-electron chi connectivity index (χ1n) is 5.15. The molecule has 0 aliphatic carbocycles. The zero-order valence-corrected chi connectivity index (χ0v) is 9.63. The predicted octanol–water partition coefficient (Wildman–Crippen LogP) is 2.77. The molecular weight excluding hydrogens is 198 g/mol. The van der Waals surface area contributed by atoms with Crippen LogP contribution in [0.1, 0.15) is 16.7 Å². The van der Waals surface area contributed by atoms with Crippen molar-refractivity contribution in [2.75, 3.05) is 12.4 Å². The molecule has 0 fully saturated rings. The van der Waals surface area contributed by atoms with Crippen molar-refractivity contribution in [2.45, 2.75) is 13.8 Å². The van der Waals surface area contributed by atoms with E-state index in [1.54, 1.807) is 6.20 Å². The van der Waals surface area contributed by atoms with E-state index in [0.717, 1.165) is 22.2 Å². The highest BCUT2D eigenvalue weighted by molar-refractivity contribution is 5.95. The number of aromatic nitrogens is 1. The highest BCUT2D eigenvalue weighted by Gasteiger charge is 2.09. The molecule has 0 bridgehead atoms. The number of hydrogen-bond acceptors (Lipinski definition) is 3. The predicted molar refractivity (Wildman–Crippen MR) is 65.5 cm³/mol. The third kappa shape index (κ3) is 1.49. The first-order valence-corrected chi connectivity index (χ1v) is 5.15. The molecule has 0 aliphatic heterocycles. The summed E-state index contributed by atoms with van der Waals surface area (Å²) < 4.78 is 0. The van der Waals surface area contributed by atoms with Gasteiger partial charge in [0.1, 0.15) is 6.07 Å². The van der Waals surface area contributed by atoms with Gasteiger partial charge < -0.3 is 5.32 Å². The SMILES string of the molecule is CNc1c(C#N)cnc2c(C)cc(C)cc12. The Kier molecular flexibility index (Phi) is 2.49. The van der Waals surface area contributed by atoms with Crippen LogP contribution in [0, 0.1) is 25.2 Å². The van der Waals surface area contributed by atoms with E-state index < -0.39 is 0 Å². The summed E-state index contributed by atoms with van der Waals surface area (Å²) in [5.74, 6) is 0. The maximum atomic E-state index is 9.02. The highest BCUT2D eigenvalue weighted by atomic mass is 14.8. The van der Waals surface area contributed by atoms with Crippen LogP contribution in [0.15, 0.2) is 18.3 Å². The molecule has 0 saturated carbocycles. The lowest BCUT2D eigenvalue weighted by molar-refractivity contribution is 1.31. The average Bonchev–Trinajstić information content (AvgIpc) is 2.27. The summed E-state index contributed by atoms with van der Waals surface area (Å²) in [6, 6.07) is 6.31. The topological polar surface area (TPSA) is 48.7 Å². The fourth-order valence-corrected chi connectivity index (χ4v) is 2.01. The molecule has 3 nitrogen and oxygen atoms in total. The van der Waals surface area contributed by atoms with E-state index in [2.05, 4.69) is 28.5 Å². The molecule has 0 radical (unpaired) electrons. The Morgan fingerprint density at radius 1 is 1.31 bits per heavy atom. The van der Waals surface area contributed by atoms with Crippen LogP contribution < -0.4 is 5.32 Å². The van der Waals surface area contributed by atoms with Crippen molar-refractivity contribution in [3.05, 3.63) is 35.0 Å². The van der Waals surface area contributed by atoms with Crippen molar-refractivity contribution in [1.29, 1.82) is 5.26 Å². The minimum atomic E-state index is 0.583. The fraction of sp³-hybridized carbons (Fsp3) is 0.231. The second-order valence-electron chi connectivity index (χ2n) is 3.89. The summed E-state index contributed by atoms with van der Waals surface area (Å²) >= 11 is 0. The van der Waals surface area contributed by atoms with Crippen LogP contribution in [0.2, 0.25) is 0 Å². The van der Waals surface area contributed by atoms with Crippen molar-refractivity contribution in [3.63, 3.8) is 0 Å². The average molecular weight is 211 g/mol. The van der Waals surface area contributed by atoms with Crippen LogP contribution in [-0.4, -0.2) is 12.0 Å². The van der Waals surface area contributed by atoms with E-state index in [1.165, 1.54) is 5.56 Å². The van der Waals surface area contributed by atoms with Gasteiger partial charge in [-0.15, -0.1) is 0 Å². The number of fused-ring (bicyclic) bond motifs is 1. The van der Waals surface area contributed by atoms with Gasteiger partial charge in [0.15, 0.2) is 0 Å². The van der Waals surface area contributed by atoms with Gasteiger partial charge in [-0.1, -0.05) is 11.6 Å². The van der Waals surface area contributed by atoms with E-state index in [0.29, 0.717) is 5.56 Å². The molecule has 1 N–H and O–H groups in total. The summed E-state index contributed by atoms with van der Waals surface area (Å²) in [7, 11) is 1.83. The first-order chi connectivity index (χ1) is 7.67. The van der Waals surface area contributed by atoms with Gasteiger partial charge in [-0.25, -0.2) is 0 Å². The number of nitriles is 1. The Bertz CT molecular complexity index is 594. The van der Waals surface area contributed by atoms with Gasteiger partial charge in [0.05, 0.1) is 16.8 Å². The molecule has 1 aromatic carbocycles. The van der Waals surface area contributed by atoms with E-state index >= 15 is 0 Å². The maximum absolute atomic E-state index is 9.02. The third-order valence-electron chi connectivity index (χ3n) is 2.68. The Balaban J connectivity index is 2.93. The summed E-state index contributed by atoms with van der Waals surface area (Å²) in [6.45, 7) is 4.08. The molecule has 1 aromatic heterocycles. The molecule has 2 aromatic rings. The molecule has 0 atom stereocenters. The van der Waals surface area contributed by atoms with Crippen molar-refractivity contribution in [3.8, 4) is 6.07 Å². The van der Waals surface area contributed by atoms with Crippen LogP contribution in [0.25, 0.3) is 10.9 Å². The van der Waals surface area contributed by atoms with Crippen LogP contribution in [0.5, 0.6) is 0 Å². The first kappa shape index (κ1) is 10.4. The van der Waals surface area contributed by atoms with Gasteiger partial charge in [-0.2, -0.15) is 5.26 Å². The number of aryl methyl sites for hydroxylation is 2. The second kappa shape index (κ2) is 3.82. The third-order valence-corrected chi connectivity index (χ3v) is 2.68. The van der Waals surface area contributed by atoms with Crippen molar-refractivity contribution in [2.24, 2.45) is 0 Å². The van der Waals surface area contributed by atoms with Gasteiger partial charge in [-0.3, -0.25) is 4.98 Å². The van der Waals surface area contributed by atoms with E-state index in [-0.39, 0.29) is 0 Å². The van der Waals surface area contributed by atoms with Crippen molar-refractivity contribution < 1.29 is 0 Å². The molecule has 0 aliphatic rings. The number of nitrogens with one attached hydrogen (secondary N) is 1. The van der Waals surface area contributed by atoms with Crippen LogP contribution in [0.3, 0.4) is 0 Å². The van der Waals surface area contributed by atoms with E-state index in [4.69, 9.17) is 5.26 Å². The lowest BCUT2D eigenvalue weighted by atomic mass is 10.0. The number of rotatable bonds is 1. The number of pyridine rings is 1. The molecule has 80 valence electrons. The lowest BCUT2D eigenvalue weighted by Crippen LogP contribution is -1.97. The number of nitrogens with zero attached hydrogens (tertiary/aromatic N) is 2. The quantitative estimate of drug-likeness (QED) is 0.789. The molecule has 0 saturated heterocycles. The summed E-state index contributed by atoms with van der Waals surface area (Å²) in [5.41, 5.74) is 4.71. The van der Waals surface area contributed by atoms with E-state index in [1.807, 2.05) is 20.9 Å². The van der Waals surface area contributed by atoms with Crippen molar-refractivity contribution in [1.82, 2.24) is 4.98 Å². The van der Waals surface area contributed by atoms with Gasteiger partial charge >= 0.3 is 0 Å². The smallest absolute Gasteiger partial charge is 0.103 e. The minimum absolute atomic E-state index is 0.583. The monoisotopic (exact) mass is 211 g/mol. The van der Waals surface area contributed by atoms with Crippen molar-refractivity contribution >= 4 is 16.6 Å². The number of anilines is 1. The molecule has 3 heteroatoms. The van der Waals surface area contributed by atoms with Gasteiger partial charge in [0.25, 0.3) is 0 Å². The molecular formula is C13H13N3. The standard InChI is InChI=1S/C13H13N3/c1-8-4-9(2)12-11(5-8)13(15-3)10(6-14)7-16-12/h4-5,7H,1-3H3,(H,15,16). The molecule has 1 heterocycles. The summed E-state index contributed by atoms with van der Waals surface area (Å²) in [4.78, 5) is 4.34. The summed E-state index contributed by atoms with van der Waals surface area (Å²) in [6.07, 6.45) is 1.62. The van der Waals surface area contributed by atoms with Crippen LogP contribution in [-0.2, 0) is 0 Å². The molecule has 2 rings (SSSR count). The highest BCUT2D eigenvalue weighted by Crippen LogP contribution is 2.28. The number of hydrogen-bond donors (Lipinski definition) is 1. The van der Waals surface area contributed by atoms with Crippen LogP contribution in [0.4, 0.5) is 5.69 Å². The molecule has 0 amide bonds. The molecule has 0 unspecified atom stereocenters. The maximum Gasteiger partial charge on any atom is 0.103 e. The normalized spacial score (nSPS) is 10.1. The Labute approximate surface area is 94.7 Å². The Morgan fingerprint density at radius 3 is 2.69 bits per heavy atom. The van der Waals surface area contributed by atoms with E-state index in [9.17, 15) is 0 Å². The fourth-order valence-electron chi connectivity index (χ4n) is 2.01. The molecule has 16 heavy (non-hydrogen) atoms. The number of benzene rings is 1. The van der Waals surface area contributed by atoms with Gasteiger partial charge in [0, 0.05) is 18.6 Å². The Morgan fingerprint density at radius 2 is 2.06 bits per heavy atom. The lowest BCUT2D eigenvalue weighted by Gasteiger charge is -2.10. The minimum Gasteiger partial charge on any atom is -0.386 e. The zero-order chi connectivity index (χ0) is 11.7.